The maximum Gasteiger partial charge on any atom is 0.0760 e. The number of unbranched alkanes of at least 4 members (excludes halogenated alkanes) is 3. The van der Waals surface area contributed by atoms with Crippen LogP contribution in [0.5, 0.6) is 0 Å². The monoisotopic (exact) mass is 240 g/mol. The van der Waals surface area contributed by atoms with E-state index in [-0.39, 0.29) is 6.61 Å². The molecule has 94 valence electrons. The van der Waals surface area contributed by atoms with E-state index in [0.29, 0.717) is 0 Å². The van der Waals surface area contributed by atoms with Crippen LogP contribution in [0.15, 0.2) is 48.6 Å². The van der Waals surface area contributed by atoms with Gasteiger partial charge in [-0.25, -0.2) is 0 Å². The maximum atomic E-state index is 9.24. The summed E-state index contributed by atoms with van der Waals surface area (Å²) < 4.78 is 0. The summed E-state index contributed by atoms with van der Waals surface area (Å²) in [5, 5.41) is 9.24. The Balaban J connectivity index is 2.49. The number of allylic oxidation sites excluding steroid dienone is 1. The molecule has 0 amide bonds. The van der Waals surface area contributed by atoms with Crippen LogP contribution >= 0.6 is 0 Å². The van der Waals surface area contributed by atoms with Crippen molar-refractivity contribution < 1.29 is 5.11 Å². The summed E-state index contributed by atoms with van der Waals surface area (Å²) in [6.45, 7) is 3.68. The van der Waals surface area contributed by atoms with Crippen LogP contribution in [0, 0.1) is 11.8 Å². The van der Waals surface area contributed by atoms with Gasteiger partial charge in [0.25, 0.3) is 0 Å². The van der Waals surface area contributed by atoms with Crippen molar-refractivity contribution in [3.63, 3.8) is 0 Å². The Morgan fingerprint density at radius 3 is 2.67 bits per heavy atom. The van der Waals surface area contributed by atoms with Gasteiger partial charge >= 0.3 is 0 Å². The molecule has 0 atom stereocenters. The van der Waals surface area contributed by atoms with E-state index in [2.05, 4.69) is 18.4 Å². The topological polar surface area (TPSA) is 20.2 Å². The summed E-state index contributed by atoms with van der Waals surface area (Å²) in [5.74, 6) is 6.13. The summed E-state index contributed by atoms with van der Waals surface area (Å²) in [4.78, 5) is 0. The molecule has 1 aromatic carbocycles. The summed E-state index contributed by atoms with van der Waals surface area (Å²) >= 11 is 0. The van der Waals surface area contributed by atoms with Crippen molar-refractivity contribution in [3.05, 3.63) is 54.1 Å². The summed E-state index contributed by atoms with van der Waals surface area (Å²) in [5.41, 5.74) is 1.84. The van der Waals surface area contributed by atoms with E-state index in [4.69, 9.17) is 0 Å². The predicted octanol–water partition coefficient (Wildman–Crippen LogP) is 3.81. The van der Waals surface area contributed by atoms with Crippen molar-refractivity contribution >= 4 is 6.08 Å². The second-order valence-electron chi connectivity index (χ2n) is 4.07. The Labute approximate surface area is 110 Å². The molecule has 0 aliphatic rings. The van der Waals surface area contributed by atoms with Crippen molar-refractivity contribution in [2.24, 2.45) is 0 Å². The van der Waals surface area contributed by atoms with Gasteiger partial charge in [0.1, 0.15) is 0 Å². The number of aliphatic hydroxyl groups is 1. The van der Waals surface area contributed by atoms with Gasteiger partial charge in [0, 0.05) is 12.0 Å². The highest BCUT2D eigenvalue weighted by Gasteiger charge is 1.91. The van der Waals surface area contributed by atoms with Gasteiger partial charge in [0.2, 0.25) is 0 Å². The third kappa shape index (κ3) is 6.08. The lowest BCUT2D eigenvalue weighted by Gasteiger charge is -1.95. The molecule has 0 bridgehead atoms. The van der Waals surface area contributed by atoms with E-state index in [1.807, 2.05) is 42.5 Å². The number of benzene rings is 1. The summed E-state index contributed by atoms with van der Waals surface area (Å²) in [7, 11) is 0. The Hall–Kier alpha value is -1.78. The van der Waals surface area contributed by atoms with Gasteiger partial charge in [-0.15, -0.1) is 6.58 Å². The molecule has 0 aliphatic carbocycles. The van der Waals surface area contributed by atoms with Gasteiger partial charge in [0.15, 0.2) is 0 Å². The summed E-state index contributed by atoms with van der Waals surface area (Å²) in [6, 6.07) is 9.93. The zero-order valence-electron chi connectivity index (χ0n) is 10.7. The second kappa shape index (κ2) is 9.27. The molecular weight excluding hydrogens is 220 g/mol. The fourth-order valence-electron chi connectivity index (χ4n) is 1.55. The van der Waals surface area contributed by atoms with E-state index in [0.717, 1.165) is 36.8 Å². The number of hydrogen-bond acceptors (Lipinski definition) is 1. The molecule has 18 heavy (non-hydrogen) atoms. The van der Waals surface area contributed by atoms with E-state index >= 15 is 0 Å². The lowest BCUT2D eigenvalue weighted by atomic mass is 10.1. The average Bonchev–Trinajstić information content (AvgIpc) is 2.42. The number of aliphatic hydroxyl groups excluding tert-OH is 1. The molecule has 0 saturated heterocycles. The van der Waals surface area contributed by atoms with E-state index in [9.17, 15) is 5.11 Å². The molecule has 1 N–H and O–H groups in total. The lowest BCUT2D eigenvalue weighted by Crippen LogP contribution is -1.86. The minimum atomic E-state index is -0.00540. The number of hydrogen-bond donors (Lipinski definition) is 1. The van der Waals surface area contributed by atoms with Crippen LogP contribution in [0.25, 0.3) is 6.08 Å². The van der Waals surface area contributed by atoms with Gasteiger partial charge in [-0.1, -0.05) is 48.2 Å². The van der Waals surface area contributed by atoms with Crippen LogP contribution < -0.4 is 0 Å². The number of rotatable bonds is 6. The fraction of sp³-hybridized carbons (Fsp3) is 0.294. The molecule has 0 saturated carbocycles. The molecule has 0 radical (unpaired) electrons. The van der Waals surface area contributed by atoms with Crippen molar-refractivity contribution in [1.29, 1.82) is 0 Å². The molecule has 1 rings (SSSR count). The smallest absolute Gasteiger partial charge is 0.0760 e. The molecule has 1 nitrogen and oxygen atoms in total. The zero-order chi connectivity index (χ0) is 13.1. The van der Waals surface area contributed by atoms with Crippen molar-refractivity contribution in [2.75, 3.05) is 6.61 Å². The fourth-order valence-corrected chi connectivity index (χ4v) is 1.55. The molecule has 1 aromatic rings. The van der Waals surface area contributed by atoms with Crippen molar-refractivity contribution in [1.82, 2.24) is 0 Å². The second-order valence-corrected chi connectivity index (χ2v) is 4.07. The highest BCUT2D eigenvalue weighted by atomic mass is 16.3. The van der Waals surface area contributed by atoms with E-state index < -0.39 is 0 Å². The van der Waals surface area contributed by atoms with Crippen LogP contribution in [0.3, 0.4) is 0 Å². The molecule has 0 heterocycles. The van der Waals surface area contributed by atoms with Crippen molar-refractivity contribution in [2.45, 2.75) is 25.7 Å². The Morgan fingerprint density at radius 2 is 2.00 bits per heavy atom. The van der Waals surface area contributed by atoms with Crippen LogP contribution in [0.4, 0.5) is 0 Å². The lowest BCUT2D eigenvalue weighted by molar-refractivity contribution is 0.337. The predicted molar refractivity (Wildman–Crippen MR) is 77.9 cm³/mol. The van der Waals surface area contributed by atoms with Crippen LogP contribution in [-0.2, 0) is 0 Å². The van der Waals surface area contributed by atoms with Gasteiger partial charge in [-0.05, 0) is 30.9 Å². The van der Waals surface area contributed by atoms with Crippen molar-refractivity contribution in [3.8, 4) is 11.8 Å². The van der Waals surface area contributed by atoms with E-state index in [1.54, 1.807) is 0 Å². The van der Waals surface area contributed by atoms with Gasteiger partial charge in [-0.2, -0.15) is 0 Å². The highest BCUT2D eigenvalue weighted by molar-refractivity contribution is 5.58. The molecule has 0 spiro atoms. The van der Waals surface area contributed by atoms with Crippen LogP contribution in [0.2, 0.25) is 0 Å². The Kier molecular flexibility index (Phi) is 7.36. The van der Waals surface area contributed by atoms with Gasteiger partial charge in [0.05, 0.1) is 6.61 Å². The minimum Gasteiger partial charge on any atom is -0.391 e. The zero-order valence-corrected chi connectivity index (χ0v) is 10.7. The molecule has 0 unspecified atom stereocenters. The normalized spacial score (nSPS) is 10.6. The first kappa shape index (κ1) is 14.3. The molecule has 0 aliphatic heterocycles. The van der Waals surface area contributed by atoms with E-state index in [1.165, 1.54) is 0 Å². The average molecular weight is 240 g/mol. The SMILES string of the molecule is C=CCCCCC#C/C(=C\c1ccccc1)CO. The van der Waals surface area contributed by atoms with Crippen LogP contribution in [0.1, 0.15) is 31.2 Å². The molecule has 1 heteroatoms. The minimum absolute atomic E-state index is 0.00540. The maximum absolute atomic E-state index is 9.24. The Morgan fingerprint density at radius 1 is 1.22 bits per heavy atom. The molecular formula is C17H20O. The van der Waals surface area contributed by atoms with Gasteiger partial charge in [-0.3, -0.25) is 0 Å². The highest BCUT2D eigenvalue weighted by Crippen LogP contribution is 2.06. The largest absolute Gasteiger partial charge is 0.391 e. The van der Waals surface area contributed by atoms with Crippen LogP contribution in [-0.4, -0.2) is 11.7 Å². The summed E-state index contributed by atoms with van der Waals surface area (Å²) in [6.07, 6.45) is 8.01. The Bertz CT molecular complexity index is 432. The third-order valence-corrected chi connectivity index (χ3v) is 2.52. The van der Waals surface area contributed by atoms with Gasteiger partial charge < -0.3 is 5.11 Å². The standard InChI is InChI=1S/C17H20O/c1-2-3-4-5-6-8-13-17(15-18)14-16-11-9-7-10-12-16/h2,7,9-12,14,18H,1,3-6,15H2/b17-14+. The quantitative estimate of drug-likeness (QED) is 0.455. The first-order valence-corrected chi connectivity index (χ1v) is 6.33. The third-order valence-electron chi connectivity index (χ3n) is 2.52. The molecule has 0 fully saturated rings. The first-order chi connectivity index (χ1) is 8.86. The molecule has 0 aromatic heterocycles. The first-order valence-electron chi connectivity index (χ1n) is 6.33.